The van der Waals surface area contributed by atoms with Crippen LogP contribution >= 0.6 is 0 Å². The van der Waals surface area contributed by atoms with Gasteiger partial charge in [-0.15, -0.1) is 0 Å². The van der Waals surface area contributed by atoms with Crippen LogP contribution < -0.4 is 16.8 Å². The summed E-state index contributed by atoms with van der Waals surface area (Å²) in [4.78, 5) is 33.6. The van der Waals surface area contributed by atoms with Gasteiger partial charge in [0.15, 0.2) is 0 Å². The van der Waals surface area contributed by atoms with E-state index < -0.39 is 35.7 Å². The van der Waals surface area contributed by atoms with Crippen LogP contribution in [0.15, 0.2) is 24.3 Å². The molecule has 120 valence electrons. The molecule has 7 nitrogen and oxygen atoms in total. The molecule has 1 rings (SSSR count). The number of hydrogen-bond donors (Lipinski definition) is 4. The Morgan fingerprint density at radius 3 is 2.45 bits per heavy atom. The molecule has 8 heteroatoms. The van der Waals surface area contributed by atoms with Gasteiger partial charge in [0.05, 0.1) is 6.04 Å². The molecule has 2 atom stereocenters. The maximum absolute atomic E-state index is 13.5. The van der Waals surface area contributed by atoms with Crippen LogP contribution in [-0.4, -0.2) is 35.0 Å². The Morgan fingerprint density at radius 1 is 1.27 bits per heavy atom. The Balaban J connectivity index is 2.68. The fourth-order valence-electron chi connectivity index (χ4n) is 1.79. The number of rotatable bonds is 8. The third-order valence-corrected chi connectivity index (χ3v) is 3.03. The van der Waals surface area contributed by atoms with E-state index in [-0.39, 0.29) is 24.8 Å². The zero-order valence-electron chi connectivity index (χ0n) is 11.8. The second kappa shape index (κ2) is 8.08. The number of aliphatic carboxylic acids is 1. The molecule has 22 heavy (non-hydrogen) atoms. The van der Waals surface area contributed by atoms with Gasteiger partial charge in [-0.2, -0.15) is 0 Å². The highest BCUT2D eigenvalue weighted by molar-refractivity contribution is 5.87. The van der Waals surface area contributed by atoms with Crippen LogP contribution in [0.5, 0.6) is 0 Å². The summed E-state index contributed by atoms with van der Waals surface area (Å²) in [5.41, 5.74) is 10.7. The Morgan fingerprint density at radius 2 is 1.91 bits per heavy atom. The topological polar surface area (TPSA) is 136 Å². The van der Waals surface area contributed by atoms with Gasteiger partial charge in [-0.05, 0) is 18.1 Å². The Kier molecular flexibility index (Phi) is 6.46. The third kappa shape index (κ3) is 5.49. The third-order valence-electron chi connectivity index (χ3n) is 3.03. The van der Waals surface area contributed by atoms with E-state index in [1.54, 1.807) is 6.07 Å². The van der Waals surface area contributed by atoms with Gasteiger partial charge in [-0.1, -0.05) is 18.2 Å². The van der Waals surface area contributed by atoms with E-state index in [1.807, 2.05) is 0 Å². The van der Waals surface area contributed by atoms with E-state index in [9.17, 15) is 18.8 Å². The van der Waals surface area contributed by atoms with Crippen molar-refractivity contribution in [3.8, 4) is 0 Å². The van der Waals surface area contributed by atoms with E-state index in [4.69, 9.17) is 16.6 Å². The summed E-state index contributed by atoms with van der Waals surface area (Å²) in [5.74, 6) is -3.20. The van der Waals surface area contributed by atoms with Crippen molar-refractivity contribution >= 4 is 17.8 Å². The number of benzene rings is 1. The maximum Gasteiger partial charge on any atom is 0.326 e. The molecule has 0 aliphatic carbocycles. The van der Waals surface area contributed by atoms with E-state index in [0.717, 1.165) is 0 Å². The van der Waals surface area contributed by atoms with E-state index >= 15 is 0 Å². The van der Waals surface area contributed by atoms with E-state index in [0.29, 0.717) is 0 Å². The molecule has 0 radical (unpaired) electrons. The predicted octanol–water partition coefficient (Wildman–Crippen LogP) is -0.470. The second-order valence-electron chi connectivity index (χ2n) is 4.81. The van der Waals surface area contributed by atoms with Gasteiger partial charge in [-0.25, -0.2) is 9.18 Å². The average molecular weight is 311 g/mol. The molecule has 2 amide bonds. The van der Waals surface area contributed by atoms with Crippen LogP contribution in [-0.2, 0) is 20.8 Å². The monoisotopic (exact) mass is 311 g/mol. The van der Waals surface area contributed by atoms with Crippen molar-refractivity contribution in [3.05, 3.63) is 35.6 Å². The lowest BCUT2D eigenvalue weighted by atomic mass is 10.0. The molecular formula is C14H18FN3O4. The van der Waals surface area contributed by atoms with Crippen molar-refractivity contribution in [2.75, 3.05) is 0 Å². The number of nitrogens with one attached hydrogen (secondary N) is 1. The number of carboxylic acids is 1. The fourth-order valence-corrected chi connectivity index (χ4v) is 1.79. The summed E-state index contributed by atoms with van der Waals surface area (Å²) in [6.45, 7) is 0. The van der Waals surface area contributed by atoms with Gasteiger partial charge in [0, 0.05) is 12.8 Å². The number of amides is 2. The lowest BCUT2D eigenvalue weighted by molar-refractivity contribution is -0.142. The number of carbonyl (C=O) groups is 3. The molecule has 6 N–H and O–H groups in total. The average Bonchev–Trinajstić information content (AvgIpc) is 2.45. The van der Waals surface area contributed by atoms with Crippen molar-refractivity contribution < 1.29 is 23.9 Å². The molecule has 0 aliphatic rings. The molecule has 1 aromatic carbocycles. The lowest BCUT2D eigenvalue weighted by Crippen LogP contribution is -2.49. The SMILES string of the molecule is NC(=O)CC[C@H](N)C(=O)NC(Cc1ccccc1F)C(=O)O. The minimum absolute atomic E-state index is 0.00715. The van der Waals surface area contributed by atoms with Crippen molar-refractivity contribution in [2.24, 2.45) is 11.5 Å². The Hall–Kier alpha value is -2.48. The molecule has 0 spiro atoms. The largest absolute Gasteiger partial charge is 0.480 e. The lowest BCUT2D eigenvalue weighted by Gasteiger charge is -2.18. The van der Waals surface area contributed by atoms with Gasteiger partial charge >= 0.3 is 5.97 Å². The van der Waals surface area contributed by atoms with Crippen molar-refractivity contribution in [1.82, 2.24) is 5.32 Å². The number of halogens is 1. The van der Waals surface area contributed by atoms with Crippen LogP contribution in [0.2, 0.25) is 0 Å². The summed E-state index contributed by atoms with van der Waals surface area (Å²) in [6, 6.07) is 3.31. The number of primary amides is 1. The van der Waals surface area contributed by atoms with E-state index in [2.05, 4.69) is 5.32 Å². The molecule has 0 aromatic heterocycles. The zero-order valence-corrected chi connectivity index (χ0v) is 11.8. The normalized spacial score (nSPS) is 13.2. The number of nitrogens with two attached hydrogens (primary N) is 2. The summed E-state index contributed by atoms with van der Waals surface area (Å²) in [7, 11) is 0. The van der Waals surface area contributed by atoms with Crippen LogP contribution in [0.3, 0.4) is 0 Å². The van der Waals surface area contributed by atoms with Gasteiger partial charge in [0.25, 0.3) is 0 Å². The van der Waals surface area contributed by atoms with E-state index in [1.165, 1.54) is 18.2 Å². The highest BCUT2D eigenvalue weighted by atomic mass is 19.1. The number of carbonyl (C=O) groups excluding carboxylic acids is 2. The summed E-state index contributed by atoms with van der Waals surface area (Å²) >= 11 is 0. The number of carboxylic acid groups (broad SMARTS) is 1. The highest BCUT2D eigenvalue weighted by Crippen LogP contribution is 2.09. The molecule has 1 unspecified atom stereocenters. The first-order chi connectivity index (χ1) is 10.3. The summed E-state index contributed by atoms with van der Waals surface area (Å²) in [6.07, 6.45) is -0.289. The summed E-state index contributed by atoms with van der Waals surface area (Å²) in [5, 5.41) is 11.4. The minimum atomic E-state index is -1.32. The smallest absolute Gasteiger partial charge is 0.326 e. The molecule has 0 aliphatic heterocycles. The molecule has 1 aromatic rings. The first-order valence-electron chi connectivity index (χ1n) is 6.61. The highest BCUT2D eigenvalue weighted by Gasteiger charge is 2.24. The molecule has 0 heterocycles. The Bertz CT molecular complexity index is 565. The maximum atomic E-state index is 13.5. The molecule has 0 bridgehead atoms. The van der Waals surface area contributed by atoms with Crippen molar-refractivity contribution in [1.29, 1.82) is 0 Å². The predicted molar refractivity (Wildman–Crippen MR) is 76.1 cm³/mol. The van der Waals surface area contributed by atoms with Crippen LogP contribution in [0, 0.1) is 5.82 Å². The fraction of sp³-hybridized carbons (Fsp3) is 0.357. The van der Waals surface area contributed by atoms with Gasteiger partial charge in [-0.3, -0.25) is 9.59 Å². The Labute approximate surface area is 126 Å². The minimum Gasteiger partial charge on any atom is -0.480 e. The van der Waals surface area contributed by atoms with Crippen molar-refractivity contribution in [2.45, 2.75) is 31.3 Å². The van der Waals surface area contributed by atoms with Gasteiger partial charge in [0.1, 0.15) is 11.9 Å². The zero-order chi connectivity index (χ0) is 16.7. The molecule has 0 fully saturated rings. The van der Waals surface area contributed by atoms with Gasteiger partial charge < -0.3 is 21.9 Å². The standard InChI is InChI=1S/C14H18FN3O4/c15-9-4-2-1-3-8(9)7-11(14(21)22)18-13(20)10(16)5-6-12(17)19/h1-4,10-11H,5-7,16H2,(H2,17,19)(H,18,20)(H,21,22)/t10-,11?/m0/s1. The van der Waals surface area contributed by atoms with Crippen LogP contribution in [0.1, 0.15) is 18.4 Å². The van der Waals surface area contributed by atoms with Gasteiger partial charge in [0.2, 0.25) is 11.8 Å². The van der Waals surface area contributed by atoms with Crippen LogP contribution in [0.4, 0.5) is 4.39 Å². The van der Waals surface area contributed by atoms with Crippen molar-refractivity contribution in [3.63, 3.8) is 0 Å². The molecule has 0 saturated heterocycles. The summed E-state index contributed by atoms with van der Waals surface area (Å²) < 4.78 is 13.5. The number of hydrogen-bond acceptors (Lipinski definition) is 4. The van der Waals surface area contributed by atoms with Crippen LogP contribution in [0.25, 0.3) is 0 Å². The second-order valence-corrected chi connectivity index (χ2v) is 4.81. The first-order valence-corrected chi connectivity index (χ1v) is 6.61. The molecular weight excluding hydrogens is 293 g/mol. The first kappa shape index (κ1) is 17.6. The molecule has 0 saturated carbocycles. The quantitative estimate of drug-likeness (QED) is 0.514.